The Morgan fingerprint density at radius 3 is 2.88 bits per heavy atom. The molecule has 1 unspecified atom stereocenters. The first-order valence-corrected chi connectivity index (χ1v) is 9.16. The van der Waals surface area contributed by atoms with E-state index in [1.807, 2.05) is 18.5 Å². The van der Waals surface area contributed by atoms with Crippen LogP contribution in [0.15, 0.2) is 29.4 Å². The number of amides is 1. The van der Waals surface area contributed by atoms with E-state index in [2.05, 4.69) is 26.5 Å². The second kappa shape index (κ2) is 8.21. The molecular formula is C17H20N6O2S. The van der Waals surface area contributed by atoms with Gasteiger partial charge in [0.05, 0.1) is 30.1 Å². The number of thioether (sulfide) groups is 1. The summed E-state index contributed by atoms with van der Waals surface area (Å²) < 4.78 is 7.26. The van der Waals surface area contributed by atoms with Crippen molar-refractivity contribution in [2.24, 2.45) is 7.05 Å². The summed E-state index contributed by atoms with van der Waals surface area (Å²) in [6, 6.07) is 8.90. The zero-order chi connectivity index (χ0) is 18.5. The van der Waals surface area contributed by atoms with E-state index in [-0.39, 0.29) is 11.2 Å². The summed E-state index contributed by atoms with van der Waals surface area (Å²) in [5.41, 5.74) is 1.11. The van der Waals surface area contributed by atoms with Crippen LogP contribution in [0, 0.1) is 11.3 Å². The van der Waals surface area contributed by atoms with Gasteiger partial charge in [-0.15, -0.1) is 10.2 Å². The third-order valence-electron chi connectivity index (χ3n) is 4.02. The number of benzene rings is 1. The molecule has 2 heterocycles. The lowest BCUT2D eigenvalue weighted by atomic mass is 10.2. The lowest BCUT2D eigenvalue weighted by molar-refractivity contribution is -0.115. The van der Waals surface area contributed by atoms with Crippen molar-refractivity contribution in [3.05, 3.63) is 29.8 Å². The van der Waals surface area contributed by atoms with Crippen molar-refractivity contribution in [3.8, 4) is 6.07 Å². The summed E-state index contributed by atoms with van der Waals surface area (Å²) in [6.45, 7) is 4.73. The molecular weight excluding hydrogens is 352 g/mol. The first-order valence-electron chi connectivity index (χ1n) is 8.28. The van der Waals surface area contributed by atoms with Crippen molar-refractivity contribution in [2.45, 2.75) is 17.3 Å². The molecule has 1 atom stereocenters. The molecule has 26 heavy (non-hydrogen) atoms. The molecule has 1 amide bonds. The number of carbonyl (C=O) groups excluding carboxylic acids is 1. The predicted octanol–water partition coefficient (Wildman–Crippen LogP) is 1.64. The number of rotatable bonds is 5. The molecule has 136 valence electrons. The van der Waals surface area contributed by atoms with Crippen molar-refractivity contribution in [1.29, 1.82) is 5.26 Å². The molecule has 1 aromatic heterocycles. The molecule has 1 aliphatic rings. The number of carbonyl (C=O) groups is 1. The Kier molecular flexibility index (Phi) is 5.75. The number of nitriles is 1. The number of nitrogens with zero attached hydrogens (tertiary/aromatic N) is 5. The van der Waals surface area contributed by atoms with Gasteiger partial charge in [0.25, 0.3) is 0 Å². The monoisotopic (exact) mass is 372 g/mol. The molecule has 3 rings (SSSR count). The summed E-state index contributed by atoms with van der Waals surface area (Å²) in [6.07, 6.45) is 0. The normalized spacial score (nSPS) is 15.3. The van der Waals surface area contributed by atoms with E-state index in [1.54, 1.807) is 24.3 Å². The first-order chi connectivity index (χ1) is 12.6. The summed E-state index contributed by atoms with van der Waals surface area (Å²) in [7, 11) is 1.90. The SMILES string of the molecule is CC(Sc1nnc(N2CCOCC2)n1C)C(=O)Nc1cccc(C#N)c1. The highest BCUT2D eigenvalue weighted by molar-refractivity contribution is 8.00. The van der Waals surface area contributed by atoms with Crippen LogP contribution in [0.25, 0.3) is 0 Å². The number of ether oxygens (including phenoxy) is 1. The van der Waals surface area contributed by atoms with E-state index in [0.717, 1.165) is 19.0 Å². The van der Waals surface area contributed by atoms with Crippen molar-refractivity contribution in [1.82, 2.24) is 14.8 Å². The van der Waals surface area contributed by atoms with Crippen LogP contribution in [0.5, 0.6) is 0 Å². The third kappa shape index (κ3) is 4.15. The Balaban J connectivity index is 1.64. The van der Waals surface area contributed by atoms with Crippen LogP contribution in [0.4, 0.5) is 11.6 Å². The van der Waals surface area contributed by atoms with Gasteiger partial charge in [0.1, 0.15) is 0 Å². The molecule has 0 aliphatic carbocycles. The fourth-order valence-corrected chi connectivity index (χ4v) is 3.38. The number of anilines is 2. The molecule has 1 aliphatic heterocycles. The van der Waals surface area contributed by atoms with Gasteiger partial charge in [0.2, 0.25) is 11.9 Å². The topological polar surface area (TPSA) is 96.1 Å². The lowest BCUT2D eigenvalue weighted by Gasteiger charge is -2.27. The highest BCUT2D eigenvalue weighted by atomic mass is 32.2. The molecule has 2 aromatic rings. The minimum Gasteiger partial charge on any atom is -0.378 e. The molecule has 0 spiro atoms. The van der Waals surface area contributed by atoms with E-state index < -0.39 is 0 Å². The van der Waals surface area contributed by atoms with Crippen LogP contribution in [0.1, 0.15) is 12.5 Å². The summed E-state index contributed by atoms with van der Waals surface area (Å²) in [4.78, 5) is 14.6. The molecule has 1 N–H and O–H groups in total. The fraction of sp³-hybridized carbons (Fsp3) is 0.412. The predicted molar refractivity (Wildman–Crippen MR) is 99.1 cm³/mol. The van der Waals surface area contributed by atoms with Gasteiger partial charge in [-0.25, -0.2) is 0 Å². The second-order valence-corrected chi connectivity index (χ2v) is 7.19. The standard InChI is InChI=1S/C17H20N6O2S/c1-12(15(24)19-14-5-3-4-13(10-14)11-18)26-17-21-20-16(22(17)2)23-6-8-25-9-7-23/h3-5,10,12H,6-9H2,1-2H3,(H,19,24). The van der Waals surface area contributed by atoms with Crippen LogP contribution in [0.2, 0.25) is 0 Å². The molecule has 8 nitrogen and oxygen atoms in total. The fourth-order valence-electron chi connectivity index (χ4n) is 2.57. The quantitative estimate of drug-likeness (QED) is 0.797. The summed E-state index contributed by atoms with van der Waals surface area (Å²) in [5.74, 6) is 0.631. The minimum absolute atomic E-state index is 0.152. The maximum absolute atomic E-state index is 12.4. The summed E-state index contributed by atoms with van der Waals surface area (Å²) in [5, 5.41) is 20.6. The Bertz CT molecular complexity index is 825. The molecule has 0 bridgehead atoms. The van der Waals surface area contributed by atoms with Crippen molar-refractivity contribution < 1.29 is 9.53 Å². The smallest absolute Gasteiger partial charge is 0.237 e. The Morgan fingerprint density at radius 2 is 2.15 bits per heavy atom. The molecule has 1 fully saturated rings. The Hall–Kier alpha value is -2.57. The highest BCUT2D eigenvalue weighted by Crippen LogP contribution is 2.25. The van der Waals surface area contributed by atoms with Gasteiger partial charge in [-0.1, -0.05) is 17.8 Å². The average Bonchev–Trinajstić information content (AvgIpc) is 3.03. The van der Waals surface area contributed by atoms with E-state index in [1.165, 1.54) is 11.8 Å². The van der Waals surface area contributed by atoms with E-state index >= 15 is 0 Å². The summed E-state index contributed by atoms with van der Waals surface area (Å²) >= 11 is 1.35. The largest absolute Gasteiger partial charge is 0.378 e. The van der Waals surface area contributed by atoms with Crippen LogP contribution < -0.4 is 10.2 Å². The van der Waals surface area contributed by atoms with Crippen LogP contribution in [0.3, 0.4) is 0 Å². The maximum atomic E-state index is 12.4. The highest BCUT2D eigenvalue weighted by Gasteiger charge is 2.22. The molecule has 1 saturated heterocycles. The number of morpholine rings is 1. The second-order valence-electron chi connectivity index (χ2n) is 5.88. The Morgan fingerprint density at radius 1 is 1.38 bits per heavy atom. The maximum Gasteiger partial charge on any atom is 0.237 e. The zero-order valence-corrected chi connectivity index (χ0v) is 15.5. The van der Waals surface area contributed by atoms with Gasteiger partial charge in [0.15, 0.2) is 5.16 Å². The van der Waals surface area contributed by atoms with E-state index in [0.29, 0.717) is 29.6 Å². The van der Waals surface area contributed by atoms with Crippen LogP contribution >= 0.6 is 11.8 Å². The zero-order valence-electron chi connectivity index (χ0n) is 14.7. The number of aromatic nitrogens is 3. The molecule has 0 saturated carbocycles. The molecule has 1 aromatic carbocycles. The van der Waals surface area contributed by atoms with Crippen LogP contribution in [-0.4, -0.2) is 52.2 Å². The minimum atomic E-state index is -0.360. The average molecular weight is 372 g/mol. The molecule has 9 heteroatoms. The number of hydrogen-bond acceptors (Lipinski definition) is 7. The van der Waals surface area contributed by atoms with Crippen molar-refractivity contribution in [2.75, 3.05) is 36.5 Å². The van der Waals surface area contributed by atoms with Crippen molar-refractivity contribution in [3.63, 3.8) is 0 Å². The Labute approximate surface area is 156 Å². The lowest BCUT2D eigenvalue weighted by Crippen LogP contribution is -2.37. The third-order valence-corrected chi connectivity index (χ3v) is 5.15. The number of hydrogen-bond donors (Lipinski definition) is 1. The van der Waals surface area contributed by atoms with Gasteiger partial charge in [-0.3, -0.25) is 9.36 Å². The van der Waals surface area contributed by atoms with Gasteiger partial charge >= 0.3 is 0 Å². The van der Waals surface area contributed by atoms with Gasteiger partial charge in [0, 0.05) is 25.8 Å². The van der Waals surface area contributed by atoms with E-state index in [4.69, 9.17) is 10.00 Å². The van der Waals surface area contributed by atoms with Gasteiger partial charge < -0.3 is 15.0 Å². The molecule has 0 radical (unpaired) electrons. The van der Waals surface area contributed by atoms with Gasteiger partial charge in [-0.05, 0) is 25.1 Å². The first kappa shape index (κ1) is 18.2. The van der Waals surface area contributed by atoms with E-state index in [9.17, 15) is 4.79 Å². The van der Waals surface area contributed by atoms with Gasteiger partial charge in [-0.2, -0.15) is 5.26 Å². The van der Waals surface area contributed by atoms with Crippen molar-refractivity contribution >= 4 is 29.3 Å². The number of nitrogens with one attached hydrogen (secondary N) is 1. The van der Waals surface area contributed by atoms with Crippen LogP contribution in [-0.2, 0) is 16.6 Å².